The number of nitrogens with zero attached hydrogens (tertiary/aromatic N) is 6. The van der Waals surface area contributed by atoms with Crippen molar-refractivity contribution in [2.24, 2.45) is 0 Å². The Hall–Kier alpha value is -2.74. The molecule has 1 saturated heterocycles. The van der Waals surface area contributed by atoms with E-state index in [0.29, 0.717) is 5.92 Å². The van der Waals surface area contributed by atoms with Crippen molar-refractivity contribution in [2.75, 3.05) is 13.1 Å². The molecule has 5 rings (SSSR count). The van der Waals surface area contributed by atoms with Gasteiger partial charge in [0.25, 0.3) is 0 Å². The second-order valence-electron chi connectivity index (χ2n) is 8.55. The van der Waals surface area contributed by atoms with Gasteiger partial charge in [-0.25, -0.2) is 0 Å². The van der Waals surface area contributed by atoms with Crippen LogP contribution in [-0.4, -0.2) is 42.7 Å². The molecule has 6 nitrogen and oxygen atoms in total. The number of para-hydroxylation sites is 1. The number of halogens is 1. The molecule has 0 aliphatic carbocycles. The van der Waals surface area contributed by atoms with Crippen LogP contribution in [0.3, 0.4) is 0 Å². The molecule has 174 valence electrons. The quantitative estimate of drug-likeness (QED) is 0.232. The van der Waals surface area contributed by atoms with Gasteiger partial charge in [-0.2, -0.15) is 0 Å². The minimum absolute atomic E-state index is 0.400. The highest BCUT2D eigenvalue weighted by atomic mass is 35.5. The Labute approximate surface area is 209 Å². The lowest BCUT2D eigenvalue weighted by Gasteiger charge is -2.31. The van der Waals surface area contributed by atoms with E-state index in [1.165, 1.54) is 11.1 Å². The Morgan fingerprint density at radius 2 is 1.88 bits per heavy atom. The highest BCUT2D eigenvalue weighted by Gasteiger charge is 2.26. The fraction of sp³-hybridized carbons (Fsp3) is 0.308. The van der Waals surface area contributed by atoms with Gasteiger partial charge in [-0.15, -0.1) is 16.8 Å². The van der Waals surface area contributed by atoms with Crippen LogP contribution in [0.4, 0.5) is 0 Å². The summed E-state index contributed by atoms with van der Waals surface area (Å²) in [5, 5.41) is 10.8. The molecule has 0 saturated carbocycles. The average molecular weight is 491 g/mol. The second-order valence-corrected chi connectivity index (χ2v) is 9.93. The van der Waals surface area contributed by atoms with Crippen molar-refractivity contribution in [3.8, 4) is 0 Å². The lowest BCUT2D eigenvalue weighted by molar-refractivity contribution is 0.200. The first-order chi connectivity index (χ1) is 16.7. The van der Waals surface area contributed by atoms with Crippen molar-refractivity contribution >= 4 is 34.4 Å². The molecule has 1 fully saturated rings. The molecule has 0 radical (unpaired) electrons. The number of aromatic nitrogens is 5. The molecule has 0 N–H and O–H groups in total. The first kappa shape index (κ1) is 23.0. The van der Waals surface area contributed by atoms with Crippen molar-refractivity contribution < 1.29 is 0 Å². The fourth-order valence-electron chi connectivity index (χ4n) is 4.55. The predicted octanol–water partition coefficient (Wildman–Crippen LogP) is 5.73. The Kier molecular flexibility index (Phi) is 7.23. The van der Waals surface area contributed by atoms with E-state index in [9.17, 15) is 0 Å². The largest absolute Gasteiger partial charge is 0.302 e. The minimum Gasteiger partial charge on any atom is -0.302 e. The fourth-order valence-corrected chi connectivity index (χ4v) is 5.67. The van der Waals surface area contributed by atoms with Crippen LogP contribution in [0.1, 0.15) is 35.7 Å². The molecule has 1 aliphatic rings. The monoisotopic (exact) mass is 490 g/mol. The van der Waals surface area contributed by atoms with Gasteiger partial charge in [0.2, 0.25) is 0 Å². The molecule has 8 heteroatoms. The average Bonchev–Trinajstić information content (AvgIpc) is 3.26. The standard InChI is InChI=1S/C26H27ClN6S/c1-2-13-33-25(30-31-26(33)34-18-19-5-3-7-22(27)16-19)20-9-14-32(15-10-20)17-21-6-4-8-23-24(21)29-12-11-28-23/h2-8,11-12,16,20H,1,9-10,13-15,17-18H2. The highest BCUT2D eigenvalue weighted by molar-refractivity contribution is 7.98. The van der Waals surface area contributed by atoms with Gasteiger partial charge >= 0.3 is 0 Å². The molecule has 4 aromatic rings. The SMILES string of the molecule is C=CCn1c(SCc2cccc(Cl)c2)nnc1C1CCN(Cc2cccc3nccnc23)CC1. The van der Waals surface area contributed by atoms with Crippen LogP contribution in [0.5, 0.6) is 0 Å². The van der Waals surface area contributed by atoms with Crippen molar-refractivity contribution in [3.05, 3.63) is 89.5 Å². The molecule has 0 unspecified atom stereocenters. The summed E-state index contributed by atoms with van der Waals surface area (Å²) in [6.07, 6.45) is 7.56. The van der Waals surface area contributed by atoms with Gasteiger partial charge in [-0.3, -0.25) is 14.9 Å². The number of thioether (sulfide) groups is 1. The predicted molar refractivity (Wildman–Crippen MR) is 138 cm³/mol. The molecule has 0 bridgehead atoms. The van der Waals surface area contributed by atoms with Crippen LogP contribution < -0.4 is 0 Å². The zero-order chi connectivity index (χ0) is 23.3. The van der Waals surface area contributed by atoms with E-state index in [1.807, 2.05) is 30.3 Å². The number of hydrogen-bond acceptors (Lipinski definition) is 6. The Balaban J connectivity index is 1.24. The van der Waals surface area contributed by atoms with Gasteiger partial charge < -0.3 is 4.57 Å². The van der Waals surface area contributed by atoms with E-state index in [-0.39, 0.29) is 0 Å². The Bertz CT molecular complexity index is 1280. The minimum atomic E-state index is 0.400. The lowest BCUT2D eigenvalue weighted by atomic mass is 9.95. The lowest BCUT2D eigenvalue weighted by Crippen LogP contribution is -2.33. The number of likely N-dealkylation sites (tertiary alicyclic amines) is 1. The summed E-state index contributed by atoms with van der Waals surface area (Å²) in [5.74, 6) is 2.28. The third-order valence-electron chi connectivity index (χ3n) is 6.24. The molecule has 0 spiro atoms. The van der Waals surface area contributed by atoms with E-state index >= 15 is 0 Å². The molecule has 0 atom stereocenters. The van der Waals surface area contributed by atoms with Gasteiger partial charge in [0.1, 0.15) is 5.82 Å². The first-order valence-corrected chi connectivity index (χ1v) is 12.9. The molecule has 34 heavy (non-hydrogen) atoms. The number of benzene rings is 2. The summed E-state index contributed by atoms with van der Waals surface area (Å²) in [5.41, 5.74) is 4.37. The molecule has 2 aromatic carbocycles. The zero-order valence-corrected chi connectivity index (χ0v) is 20.5. The topological polar surface area (TPSA) is 59.7 Å². The number of rotatable bonds is 8. The normalized spacial score (nSPS) is 15.1. The Morgan fingerprint density at radius 3 is 2.71 bits per heavy atom. The van der Waals surface area contributed by atoms with E-state index in [4.69, 9.17) is 11.6 Å². The number of hydrogen-bond donors (Lipinski definition) is 0. The molecule has 0 amide bonds. The maximum absolute atomic E-state index is 6.14. The van der Waals surface area contributed by atoms with Crippen LogP contribution in [0.15, 0.2) is 72.7 Å². The summed E-state index contributed by atoms with van der Waals surface area (Å²) in [7, 11) is 0. The van der Waals surface area contributed by atoms with Crippen LogP contribution in [-0.2, 0) is 18.8 Å². The van der Waals surface area contributed by atoms with Gasteiger partial charge in [-0.1, -0.05) is 53.7 Å². The molecule has 2 aromatic heterocycles. The molecular formula is C26H27ClN6S. The van der Waals surface area contributed by atoms with E-state index in [0.717, 1.165) is 71.8 Å². The maximum atomic E-state index is 6.14. The number of fused-ring (bicyclic) bond motifs is 1. The summed E-state index contributed by atoms with van der Waals surface area (Å²) >= 11 is 7.84. The van der Waals surface area contributed by atoms with Crippen molar-refractivity contribution in [1.29, 1.82) is 0 Å². The molecule has 1 aliphatic heterocycles. The van der Waals surface area contributed by atoms with Crippen LogP contribution in [0.2, 0.25) is 5.02 Å². The van der Waals surface area contributed by atoms with Crippen LogP contribution in [0, 0.1) is 0 Å². The van der Waals surface area contributed by atoms with Gasteiger partial charge in [-0.05, 0) is 55.3 Å². The number of allylic oxidation sites excluding steroid dienone is 1. The third-order valence-corrected chi connectivity index (χ3v) is 7.52. The molecular weight excluding hydrogens is 464 g/mol. The van der Waals surface area contributed by atoms with Gasteiger partial charge in [0, 0.05) is 42.2 Å². The van der Waals surface area contributed by atoms with Gasteiger partial charge in [0.05, 0.1) is 11.0 Å². The summed E-state index contributed by atoms with van der Waals surface area (Å²) < 4.78 is 2.23. The van der Waals surface area contributed by atoms with E-state index in [2.05, 4.69) is 54.4 Å². The second kappa shape index (κ2) is 10.7. The number of piperidine rings is 1. The zero-order valence-electron chi connectivity index (χ0n) is 19.0. The maximum Gasteiger partial charge on any atom is 0.191 e. The summed E-state index contributed by atoms with van der Waals surface area (Å²) in [4.78, 5) is 11.5. The van der Waals surface area contributed by atoms with E-state index < -0.39 is 0 Å². The van der Waals surface area contributed by atoms with Crippen LogP contribution in [0.25, 0.3) is 11.0 Å². The van der Waals surface area contributed by atoms with Gasteiger partial charge in [0.15, 0.2) is 5.16 Å². The summed E-state index contributed by atoms with van der Waals surface area (Å²) in [6.45, 7) is 7.61. The molecule has 3 heterocycles. The Morgan fingerprint density at radius 1 is 1.06 bits per heavy atom. The smallest absolute Gasteiger partial charge is 0.191 e. The summed E-state index contributed by atoms with van der Waals surface area (Å²) in [6, 6.07) is 14.2. The third kappa shape index (κ3) is 5.17. The highest BCUT2D eigenvalue weighted by Crippen LogP contribution is 2.31. The van der Waals surface area contributed by atoms with E-state index in [1.54, 1.807) is 24.2 Å². The van der Waals surface area contributed by atoms with Crippen molar-refractivity contribution in [3.63, 3.8) is 0 Å². The first-order valence-electron chi connectivity index (χ1n) is 11.5. The van der Waals surface area contributed by atoms with Crippen LogP contribution >= 0.6 is 23.4 Å². The van der Waals surface area contributed by atoms with Crippen molar-refractivity contribution in [2.45, 2.75) is 42.8 Å². The van der Waals surface area contributed by atoms with Crippen molar-refractivity contribution in [1.82, 2.24) is 29.6 Å².